The fourth-order valence-electron chi connectivity index (χ4n) is 2.52. The summed E-state index contributed by atoms with van der Waals surface area (Å²) in [6.07, 6.45) is 1.19. The molecule has 0 unspecified atom stereocenters. The lowest BCUT2D eigenvalue weighted by atomic mass is 10.1. The Morgan fingerprint density at radius 2 is 1.89 bits per heavy atom. The molecule has 3 aromatic rings. The lowest BCUT2D eigenvalue weighted by molar-refractivity contribution is -0.149. The number of hydrogen-bond acceptors (Lipinski definition) is 6. The topological polar surface area (TPSA) is 110 Å². The molecule has 0 spiro atoms. The van der Waals surface area contributed by atoms with Crippen molar-refractivity contribution in [2.75, 3.05) is 6.61 Å². The second kappa shape index (κ2) is 8.96. The summed E-state index contributed by atoms with van der Waals surface area (Å²) < 4.78 is 5.93. The van der Waals surface area contributed by atoms with Crippen LogP contribution in [0, 0.1) is 0 Å². The Hall–Kier alpha value is -3.46. The molecule has 144 valence electrons. The zero-order valence-electron chi connectivity index (χ0n) is 14.7. The smallest absolute Gasteiger partial charge is 0.328 e. The minimum absolute atomic E-state index is 0.353. The van der Waals surface area contributed by atoms with Crippen molar-refractivity contribution in [2.45, 2.75) is 12.6 Å². The number of amides is 1. The number of benzene rings is 1. The van der Waals surface area contributed by atoms with Crippen LogP contribution in [0.3, 0.4) is 0 Å². The molecule has 0 radical (unpaired) electrons. The van der Waals surface area contributed by atoms with Crippen LogP contribution < -0.4 is 16.6 Å². The van der Waals surface area contributed by atoms with Gasteiger partial charge in [-0.2, -0.15) is 0 Å². The van der Waals surface area contributed by atoms with Crippen molar-refractivity contribution in [1.82, 2.24) is 14.9 Å². The van der Waals surface area contributed by atoms with Gasteiger partial charge in [-0.3, -0.25) is 23.9 Å². The normalized spacial score (nSPS) is 11.6. The molecular formula is C19H17N3O5S. The summed E-state index contributed by atoms with van der Waals surface area (Å²) in [5.41, 5.74) is -0.380. The van der Waals surface area contributed by atoms with Crippen molar-refractivity contribution >= 4 is 23.2 Å². The first-order valence-electron chi connectivity index (χ1n) is 8.36. The highest BCUT2D eigenvalue weighted by atomic mass is 32.1. The standard InChI is InChI=1S/C19H17N3O5S/c23-15-8-9-22(19(26)21-15)11-17(25)27-12-16(24)20-18(14-7-4-10-28-14)13-5-2-1-3-6-13/h1-10,18H,11-12H2,(H,20,24)(H,21,23,26)/t18-/m0/s1. The molecule has 0 bridgehead atoms. The van der Waals surface area contributed by atoms with E-state index in [1.807, 2.05) is 52.8 Å². The van der Waals surface area contributed by atoms with Crippen LogP contribution in [0.15, 0.2) is 69.7 Å². The van der Waals surface area contributed by atoms with Gasteiger partial charge in [-0.1, -0.05) is 36.4 Å². The highest BCUT2D eigenvalue weighted by molar-refractivity contribution is 7.10. The molecule has 0 saturated heterocycles. The largest absolute Gasteiger partial charge is 0.454 e. The summed E-state index contributed by atoms with van der Waals surface area (Å²) in [6.45, 7) is -0.887. The first kappa shape index (κ1) is 19.3. The SMILES string of the molecule is O=C(COC(=O)Cn1ccc(=O)[nH]c1=O)N[C@@H](c1ccccc1)c1cccs1. The molecule has 1 amide bonds. The number of aromatic nitrogens is 2. The monoisotopic (exact) mass is 399 g/mol. The maximum Gasteiger partial charge on any atom is 0.328 e. The second-order valence-corrected chi connectivity index (χ2v) is 6.80. The molecule has 0 saturated carbocycles. The van der Waals surface area contributed by atoms with Crippen molar-refractivity contribution in [2.24, 2.45) is 0 Å². The minimum Gasteiger partial charge on any atom is -0.454 e. The number of nitrogens with zero attached hydrogens (tertiary/aromatic N) is 1. The van der Waals surface area contributed by atoms with Crippen LogP contribution in [0.2, 0.25) is 0 Å². The fraction of sp³-hybridized carbons (Fsp3) is 0.158. The average molecular weight is 399 g/mol. The second-order valence-electron chi connectivity index (χ2n) is 5.83. The molecule has 3 rings (SSSR count). The summed E-state index contributed by atoms with van der Waals surface area (Å²) in [4.78, 5) is 49.8. The molecule has 0 aliphatic rings. The summed E-state index contributed by atoms with van der Waals surface area (Å²) in [6, 6.07) is 14.0. The maximum absolute atomic E-state index is 12.3. The van der Waals surface area contributed by atoms with E-state index in [1.165, 1.54) is 17.5 Å². The zero-order valence-corrected chi connectivity index (χ0v) is 15.5. The number of H-pyrrole nitrogens is 1. The van der Waals surface area contributed by atoms with E-state index >= 15 is 0 Å². The fourth-order valence-corrected chi connectivity index (χ4v) is 3.32. The van der Waals surface area contributed by atoms with Gasteiger partial charge in [-0.15, -0.1) is 11.3 Å². The van der Waals surface area contributed by atoms with Gasteiger partial charge >= 0.3 is 11.7 Å². The van der Waals surface area contributed by atoms with Crippen LogP contribution in [0.25, 0.3) is 0 Å². The number of carbonyl (C=O) groups excluding carboxylic acids is 2. The summed E-state index contributed by atoms with van der Waals surface area (Å²) in [5, 5.41) is 4.77. The summed E-state index contributed by atoms with van der Waals surface area (Å²) in [5.74, 6) is -1.24. The number of ether oxygens (including phenoxy) is 1. The molecule has 1 aromatic carbocycles. The molecular weight excluding hydrogens is 382 g/mol. The van der Waals surface area contributed by atoms with Crippen LogP contribution in [-0.2, 0) is 20.9 Å². The number of thiophene rings is 1. The highest BCUT2D eigenvalue weighted by Crippen LogP contribution is 2.25. The third kappa shape index (κ3) is 5.04. The van der Waals surface area contributed by atoms with Gasteiger partial charge in [0.25, 0.3) is 11.5 Å². The predicted molar refractivity (Wildman–Crippen MR) is 103 cm³/mol. The van der Waals surface area contributed by atoms with Crippen molar-refractivity contribution in [1.29, 1.82) is 0 Å². The van der Waals surface area contributed by atoms with E-state index in [0.717, 1.165) is 21.1 Å². The van der Waals surface area contributed by atoms with Crippen LogP contribution in [0.4, 0.5) is 0 Å². The molecule has 0 aliphatic heterocycles. The molecule has 9 heteroatoms. The first-order valence-corrected chi connectivity index (χ1v) is 9.24. The first-order chi connectivity index (χ1) is 13.5. The minimum atomic E-state index is -0.767. The van der Waals surface area contributed by atoms with Gasteiger partial charge in [-0.05, 0) is 17.0 Å². The van der Waals surface area contributed by atoms with E-state index in [0.29, 0.717) is 0 Å². The van der Waals surface area contributed by atoms with Crippen LogP contribution in [0.5, 0.6) is 0 Å². The molecule has 0 aliphatic carbocycles. The number of esters is 1. The molecule has 2 heterocycles. The summed E-state index contributed by atoms with van der Waals surface area (Å²) in [7, 11) is 0. The Kier molecular flexibility index (Phi) is 6.18. The van der Waals surface area contributed by atoms with Crippen LogP contribution in [-0.4, -0.2) is 28.0 Å². The Morgan fingerprint density at radius 3 is 2.57 bits per heavy atom. The number of rotatable bonds is 7. The van der Waals surface area contributed by atoms with E-state index in [-0.39, 0.29) is 6.04 Å². The van der Waals surface area contributed by atoms with Crippen LogP contribution >= 0.6 is 11.3 Å². The van der Waals surface area contributed by atoms with Gasteiger partial charge in [0, 0.05) is 17.1 Å². The van der Waals surface area contributed by atoms with E-state index < -0.39 is 36.3 Å². The molecule has 0 fully saturated rings. The Labute approximate surface area is 163 Å². The van der Waals surface area contributed by atoms with Gasteiger partial charge in [0.15, 0.2) is 6.61 Å². The predicted octanol–water partition coefficient (Wildman–Crippen LogP) is 1.05. The number of carbonyl (C=O) groups is 2. The van der Waals surface area contributed by atoms with Gasteiger partial charge in [-0.25, -0.2) is 4.79 Å². The number of nitrogens with one attached hydrogen (secondary N) is 2. The van der Waals surface area contributed by atoms with Gasteiger partial charge in [0.1, 0.15) is 6.54 Å². The van der Waals surface area contributed by atoms with Crippen molar-refractivity contribution < 1.29 is 14.3 Å². The lowest BCUT2D eigenvalue weighted by Gasteiger charge is -2.18. The summed E-state index contributed by atoms with van der Waals surface area (Å²) >= 11 is 1.51. The van der Waals surface area contributed by atoms with Crippen LogP contribution in [0.1, 0.15) is 16.5 Å². The highest BCUT2D eigenvalue weighted by Gasteiger charge is 2.18. The van der Waals surface area contributed by atoms with Crippen molar-refractivity contribution in [3.05, 3.63) is 91.4 Å². The van der Waals surface area contributed by atoms with Gasteiger partial charge in [0.2, 0.25) is 0 Å². The third-order valence-electron chi connectivity index (χ3n) is 3.83. The molecule has 1 atom stereocenters. The Balaban J connectivity index is 1.60. The van der Waals surface area contributed by atoms with Crippen molar-refractivity contribution in [3.63, 3.8) is 0 Å². The van der Waals surface area contributed by atoms with E-state index in [9.17, 15) is 19.2 Å². The van der Waals surface area contributed by atoms with Gasteiger partial charge in [0.05, 0.1) is 6.04 Å². The third-order valence-corrected chi connectivity index (χ3v) is 4.76. The van der Waals surface area contributed by atoms with Crippen molar-refractivity contribution in [3.8, 4) is 0 Å². The van der Waals surface area contributed by atoms with E-state index in [2.05, 4.69) is 5.32 Å². The quantitative estimate of drug-likeness (QED) is 0.577. The van der Waals surface area contributed by atoms with Gasteiger partial charge < -0.3 is 10.1 Å². The zero-order chi connectivity index (χ0) is 19.9. The molecule has 28 heavy (non-hydrogen) atoms. The maximum atomic E-state index is 12.3. The Bertz CT molecular complexity index is 1060. The average Bonchev–Trinajstić information content (AvgIpc) is 3.22. The molecule has 2 aromatic heterocycles. The Morgan fingerprint density at radius 1 is 1.11 bits per heavy atom. The molecule has 8 nitrogen and oxygen atoms in total. The van der Waals surface area contributed by atoms with E-state index in [4.69, 9.17) is 4.74 Å². The molecule has 2 N–H and O–H groups in total. The number of aromatic amines is 1. The van der Waals surface area contributed by atoms with E-state index in [1.54, 1.807) is 0 Å². The number of hydrogen-bond donors (Lipinski definition) is 2. The lowest BCUT2D eigenvalue weighted by Crippen LogP contribution is -2.34.